The van der Waals surface area contributed by atoms with Crippen LogP contribution in [0.15, 0.2) is 12.5 Å². The molecule has 1 rings (SSSR count). The molecule has 0 spiro atoms. The van der Waals surface area contributed by atoms with Crippen molar-refractivity contribution in [3.63, 3.8) is 0 Å². The van der Waals surface area contributed by atoms with Crippen molar-refractivity contribution in [2.24, 2.45) is 0 Å². The second-order valence-electron chi connectivity index (χ2n) is 3.51. The average Bonchev–Trinajstić information content (AvgIpc) is 2.66. The Balaban J connectivity index is 2.43. The monoisotopic (exact) mass is 213 g/mol. The molecule has 1 heterocycles. The summed E-state index contributed by atoms with van der Waals surface area (Å²) in [4.78, 5) is 9.53. The Hall–Kier alpha value is -0.480. The third kappa shape index (κ3) is 3.35. The smallest absolute Gasteiger partial charge is 0.0922 e. The summed E-state index contributed by atoms with van der Waals surface area (Å²) in [7, 11) is 2.17. The minimum atomic E-state index is 0.660. The summed E-state index contributed by atoms with van der Waals surface area (Å²) in [5.74, 6) is 1.20. The Morgan fingerprint density at radius 1 is 1.64 bits per heavy atom. The molecule has 14 heavy (non-hydrogen) atoms. The summed E-state index contributed by atoms with van der Waals surface area (Å²) in [5.41, 5.74) is 1.19. The summed E-state index contributed by atoms with van der Waals surface area (Å²) in [6.45, 7) is 3.20. The highest BCUT2D eigenvalue weighted by Crippen LogP contribution is 2.10. The number of hydrogen-bond donors (Lipinski definition) is 1. The van der Waals surface area contributed by atoms with Crippen molar-refractivity contribution < 1.29 is 0 Å². The maximum Gasteiger partial charge on any atom is 0.0922 e. The van der Waals surface area contributed by atoms with Crippen LogP contribution in [0.25, 0.3) is 0 Å². The molecule has 1 aromatic rings. The first-order valence-corrected chi connectivity index (χ1v) is 6.33. The molecule has 0 bridgehead atoms. The molecule has 1 aromatic heterocycles. The van der Waals surface area contributed by atoms with Crippen molar-refractivity contribution in [2.75, 3.05) is 19.1 Å². The Morgan fingerprint density at radius 3 is 2.93 bits per heavy atom. The fourth-order valence-corrected chi connectivity index (χ4v) is 2.39. The molecular weight excluding hydrogens is 194 g/mol. The maximum absolute atomic E-state index is 4.02. The Labute approximate surface area is 90.3 Å². The van der Waals surface area contributed by atoms with Gasteiger partial charge in [-0.05, 0) is 19.7 Å². The van der Waals surface area contributed by atoms with Crippen molar-refractivity contribution in [2.45, 2.75) is 25.9 Å². The number of thioether (sulfide) groups is 1. The van der Waals surface area contributed by atoms with Crippen LogP contribution < -0.4 is 0 Å². The molecule has 0 saturated carbocycles. The highest BCUT2D eigenvalue weighted by atomic mass is 32.2. The highest BCUT2D eigenvalue weighted by molar-refractivity contribution is 7.98. The van der Waals surface area contributed by atoms with Crippen LogP contribution in [0, 0.1) is 0 Å². The number of aromatic amines is 1. The zero-order chi connectivity index (χ0) is 10.4. The summed E-state index contributed by atoms with van der Waals surface area (Å²) in [5, 5.41) is 0. The lowest BCUT2D eigenvalue weighted by molar-refractivity contribution is 0.245. The van der Waals surface area contributed by atoms with Crippen LogP contribution in [-0.4, -0.2) is 40.0 Å². The molecule has 0 aliphatic heterocycles. The van der Waals surface area contributed by atoms with Gasteiger partial charge in [-0.15, -0.1) is 0 Å². The predicted octanol–water partition coefficient (Wildman–Crippen LogP) is 1.98. The van der Waals surface area contributed by atoms with Gasteiger partial charge in [0.15, 0.2) is 0 Å². The summed E-state index contributed by atoms with van der Waals surface area (Å²) in [6, 6.07) is 0.660. The molecule has 3 nitrogen and oxygen atoms in total. The molecule has 0 fully saturated rings. The van der Waals surface area contributed by atoms with Gasteiger partial charge in [-0.25, -0.2) is 4.98 Å². The Bertz CT molecular complexity index is 236. The predicted molar refractivity (Wildman–Crippen MR) is 62.5 cm³/mol. The number of H-pyrrole nitrogens is 1. The second kappa shape index (κ2) is 6.09. The van der Waals surface area contributed by atoms with Crippen molar-refractivity contribution >= 4 is 11.8 Å². The van der Waals surface area contributed by atoms with Crippen molar-refractivity contribution in [3.8, 4) is 0 Å². The van der Waals surface area contributed by atoms with E-state index >= 15 is 0 Å². The quantitative estimate of drug-likeness (QED) is 0.784. The number of hydrogen-bond acceptors (Lipinski definition) is 3. The van der Waals surface area contributed by atoms with Crippen LogP contribution in [-0.2, 0) is 6.54 Å². The van der Waals surface area contributed by atoms with Crippen LogP contribution >= 0.6 is 11.8 Å². The molecule has 0 aliphatic carbocycles. The Kier molecular flexibility index (Phi) is 5.04. The molecule has 1 unspecified atom stereocenters. The molecule has 1 N–H and O–H groups in total. The van der Waals surface area contributed by atoms with Gasteiger partial charge in [0, 0.05) is 30.2 Å². The van der Waals surface area contributed by atoms with Gasteiger partial charge in [0.25, 0.3) is 0 Å². The van der Waals surface area contributed by atoms with E-state index in [1.165, 1.54) is 17.9 Å². The fraction of sp³-hybridized carbons (Fsp3) is 0.700. The first kappa shape index (κ1) is 11.6. The number of nitrogens with zero attached hydrogens (tertiary/aromatic N) is 2. The Morgan fingerprint density at radius 2 is 2.43 bits per heavy atom. The molecule has 4 heteroatoms. The van der Waals surface area contributed by atoms with Gasteiger partial charge in [-0.2, -0.15) is 11.8 Å². The normalized spacial score (nSPS) is 13.4. The topological polar surface area (TPSA) is 31.9 Å². The van der Waals surface area contributed by atoms with E-state index < -0.39 is 0 Å². The molecular formula is C10H19N3S. The van der Waals surface area contributed by atoms with Crippen molar-refractivity contribution in [1.29, 1.82) is 0 Å². The van der Waals surface area contributed by atoms with Crippen LogP contribution in [0.4, 0.5) is 0 Å². The van der Waals surface area contributed by atoms with Gasteiger partial charge >= 0.3 is 0 Å². The van der Waals surface area contributed by atoms with Gasteiger partial charge in [-0.1, -0.05) is 6.92 Å². The zero-order valence-corrected chi connectivity index (χ0v) is 9.97. The number of aromatic nitrogens is 2. The van der Waals surface area contributed by atoms with Crippen molar-refractivity contribution in [1.82, 2.24) is 14.9 Å². The van der Waals surface area contributed by atoms with Crippen LogP contribution in [0.2, 0.25) is 0 Å². The van der Waals surface area contributed by atoms with E-state index in [2.05, 4.69) is 35.1 Å². The molecule has 0 aliphatic rings. The van der Waals surface area contributed by atoms with Gasteiger partial charge in [0.05, 0.1) is 6.33 Å². The molecule has 80 valence electrons. The third-order valence-electron chi connectivity index (χ3n) is 2.43. The fourth-order valence-electron chi connectivity index (χ4n) is 1.52. The first-order chi connectivity index (χ1) is 6.77. The zero-order valence-electron chi connectivity index (χ0n) is 9.16. The lowest BCUT2D eigenvalue weighted by Gasteiger charge is -2.25. The van der Waals surface area contributed by atoms with E-state index in [9.17, 15) is 0 Å². The van der Waals surface area contributed by atoms with Gasteiger partial charge < -0.3 is 4.98 Å². The SMILES string of the molecule is CCC(CSC)N(C)Cc1cnc[nH]1. The minimum Gasteiger partial charge on any atom is -0.347 e. The van der Waals surface area contributed by atoms with E-state index in [-0.39, 0.29) is 0 Å². The largest absolute Gasteiger partial charge is 0.347 e. The van der Waals surface area contributed by atoms with Gasteiger partial charge in [0.1, 0.15) is 0 Å². The standard InChI is InChI=1S/C10H19N3S/c1-4-10(7-14-3)13(2)6-9-5-11-8-12-9/h5,8,10H,4,6-7H2,1-3H3,(H,11,12). The molecule has 0 saturated heterocycles. The summed E-state index contributed by atoms with van der Waals surface area (Å²) < 4.78 is 0. The summed E-state index contributed by atoms with van der Waals surface area (Å²) in [6.07, 6.45) is 6.99. The number of nitrogens with one attached hydrogen (secondary N) is 1. The highest BCUT2D eigenvalue weighted by Gasteiger charge is 2.12. The summed E-state index contributed by atoms with van der Waals surface area (Å²) >= 11 is 1.91. The lowest BCUT2D eigenvalue weighted by atomic mass is 10.2. The van der Waals surface area contributed by atoms with Crippen molar-refractivity contribution in [3.05, 3.63) is 18.2 Å². The van der Waals surface area contributed by atoms with Crippen LogP contribution in [0.5, 0.6) is 0 Å². The van der Waals surface area contributed by atoms with Gasteiger partial charge in [0.2, 0.25) is 0 Å². The van der Waals surface area contributed by atoms with E-state index in [0.29, 0.717) is 6.04 Å². The molecule has 0 aromatic carbocycles. The van der Waals surface area contributed by atoms with Crippen LogP contribution in [0.3, 0.4) is 0 Å². The third-order valence-corrected chi connectivity index (χ3v) is 3.15. The van der Waals surface area contributed by atoms with E-state index in [1.54, 1.807) is 6.33 Å². The van der Waals surface area contributed by atoms with E-state index in [1.807, 2.05) is 18.0 Å². The van der Waals surface area contributed by atoms with Gasteiger partial charge in [-0.3, -0.25) is 4.90 Å². The van der Waals surface area contributed by atoms with E-state index in [0.717, 1.165) is 6.54 Å². The molecule has 0 amide bonds. The lowest BCUT2D eigenvalue weighted by Crippen LogP contribution is -2.32. The number of imidazole rings is 1. The van der Waals surface area contributed by atoms with Crippen LogP contribution in [0.1, 0.15) is 19.0 Å². The maximum atomic E-state index is 4.02. The molecule has 0 radical (unpaired) electrons. The number of rotatable bonds is 6. The molecule has 1 atom stereocenters. The minimum absolute atomic E-state index is 0.660. The second-order valence-corrected chi connectivity index (χ2v) is 4.42. The first-order valence-electron chi connectivity index (χ1n) is 4.94. The van der Waals surface area contributed by atoms with E-state index in [4.69, 9.17) is 0 Å². The average molecular weight is 213 g/mol.